The second-order valence-corrected chi connectivity index (χ2v) is 5.76. The molecular weight excluding hydrogens is 266 g/mol. The number of nitrogens with zero attached hydrogens (tertiary/aromatic N) is 2. The Kier molecular flexibility index (Phi) is 3.92. The first-order chi connectivity index (χ1) is 10.2. The van der Waals surface area contributed by atoms with E-state index in [4.69, 9.17) is 15.0 Å². The SMILES string of the molecule is COc1ccc(Cc2noc(C3(N)CCCCC3)n2)cc1. The lowest BCUT2D eigenvalue weighted by molar-refractivity contribution is 0.219. The third-order valence-corrected chi connectivity index (χ3v) is 4.16. The Morgan fingerprint density at radius 2 is 1.90 bits per heavy atom. The number of aromatic nitrogens is 2. The van der Waals surface area contributed by atoms with Crippen LogP contribution in [0.4, 0.5) is 0 Å². The van der Waals surface area contributed by atoms with Crippen LogP contribution in [0.25, 0.3) is 0 Å². The number of rotatable bonds is 4. The molecule has 0 spiro atoms. The van der Waals surface area contributed by atoms with Crippen molar-refractivity contribution in [2.75, 3.05) is 7.11 Å². The molecule has 1 aliphatic carbocycles. The van der Waals surface area contributed by atoms with Gasteiger partial charge < -0.3 is 15.0 Å². The van der Waals surface area contributed by atoms with Gasteiger partial charge in [0.2, 0.25) is 5.89 Å². The van der Waals surface area contributed by atoms with E-state index in [1.54, 1.807) is 7.11 Å². The van der Waals surface area contributed by atoms with Gasteiger partial charge in [-0.2, -0.15) is 4.98 Å². The van der Waals surface area contributed by atoms with Gasteiger partial charge in [0.25, 0.3) is 0 Å². The Morgan fingerprint density at radius 1 is 1.19 bits per heavy atom. The molecule has 21 heavy (non-hydrogen) atoms. The van der Waals surface area contributed by atoms with Crippen molar-refractivity contribution in [2.45, 2.75) is 44.1 Å². The number of ether oxygens (including phenoxy) is 1. The van der Waals surface area contributed by atoms with Crippen LogP contribution in [0.15, 0.2) is 28.8 Å². The highest BCUT2D eigenvalue weighted by Crippen LogP contribution is 2.33. The van der Waals surface area contributed by atoms with E-state index in [0.717, 1.165) is 37.0 Å². The van der Waals surface area contributed by atoms with E-state index in [1.807, 2.05) is 24.3 Å². The first-order valence-corrected chi connectivity index (χ1v) is 7.44. The van der Waals surface area contributed by atoms with Crippen LogP contribution in [0.2, 0.25) is 0 Å². The maximum absolute atomic E-state index is 6.41. The summed E-state index contributed by atoms with van der Waals surface area (Å²) < 4.78 is 10.6. The highest BCUT2D eigenvalue weighted by Gasteiger charge is 2.35. The van der Waals surface area contributed by atoms with Gasteiger partial charge in [-0.25, -0.2) is 0 Å². The molecule has 1 fully saturated rings. The van der Waals surface area contributed by atoms with Gasteiger partial charge in [-0.15, -0.1) is 0 Å². The maximum Gasteiger partial charge on any atom is 0.246 e. The molecule has 0 aliphatic heterocycles. The number of benzene rings is 1. The zero-order valence-electron chi connectivity index (χ0n) is 12.3. The molecule has 0 atom stereocenters. The van der Waals surface area contributed by atoms with Crippen LogP contribution in [0.1, 0.15) is 49.4 Å². The molecule has 3 rings (SSSR count). The van der Waals surface area contributed by atoms with Gasteiger partial charge in [0.15, 0.2) is 5.82 Å². The molecule has 5 heteroatoms. The summed E-state index contributed by atoms with van der Waals surface area (Å²) in [6.07, 6.45) is 6.00. The predicted octanol–water partition coefficient (Wildman–Crippen LogP) is 2.79. The summed E-state index contributed by atoms with van der Waals surface area (Å²) in [5, 5.41) is 4.08. The van der Waals surface area contributed by atoms with Crippen molar-refractivity contribution in [2.24, 2.45) is 5.73 Å². The minimum atomic E-state index is -0.427. The Bertz CT molecular complexity index is 586. The normalized spacial score (nSPS) is 17.6. The monoisotopic (exact) mass is 287 g/mol. The lowest BCUT2D eigenvalue weighted by Crippen LogP contribution is -2.39. The second kappa shape index (κ2) is 5.85. The molecule has 1 heterocycles. The highest BCUT2D eigenvalue weighted by molar-refractivity contribution is 5.28. The average molecular weight is 287 g/mol. The molecule has 2 N–H and O–H groups in total. The van der Waals surface area contributed by atoms with Crippen LogP contribution < -0.4 is 10.5 Å². The van der Waals surface area contributed by atoms with Gasteiger partial charge in [0.1, 0.15) is 5.75 Å². The summed E-state index contributed by atoms with van der Waals surface area (Å²) in [5.74, 6) is 2.12. The van der Waals surface area contributed by atoms with Crippen molar-refractivity contribution < 1.29 is 9.26 Å². The molecule has 1 aromatic carbocycles. The molecule has 0 radical (unpaired) electrons. The summed E-state index contributed by atoms with van der Waals surface area (Å²) in [4.78, 5) is 4.51. The summed E-state index contributed by atoms with van der Waals surface area (Å²) >= 11 is 0. The topological polar surface area (TPSA) is 74.2 Å². The quantitative estimate of drug-likeness (QED) is 0.936. The number of hydrogen-bond donors (Lipinski definition) is 1. The maximum atomic E-state index is 6.41. The van der Waals surface area contributed by atoms with Gasteiger partial charge in [0.05, 0.1) is 12.6 Å². The largest absolute Gasteiger partial charge is 0.497 e. The van der Waals surface area contributed by atoms with Crippen LogP contribution in [0.5, 0.6) is 5.75 Å². The Balaban J connectivity index is 1.72. The molecule has 1 aliphatic rings. The van der Waals surface area contributed by atoms with E-state index >= 15 is 0 Å². The van der Waals surface area contributed by atoms with Crippen molar-refractivity contribution in [3.63, 3.8) is 0 Å². The molecule has 1 saturated carbocycles. The van der Waals surface area contributed by atoms with Crippen molar-refractivity contribution in [1.82, 2.24) is 10.1 Å². The lowest BCUT2D eigenvalue weighted by Gasteiger charge is -2.29. The van der Waals surface area contributed by atoms with Crippen LogP contribution >= 0.6 is 0 Å². The molecule has 2 aromatic rings. The minimum absolute atomic E-state index is 0.427. The third-order valence-electron chi connectivity index (χ3n) is 4.16. The number of hydrogen-bond acceptors (Lipinski definition) is 5. The van der Waals surface area contributed by atoms with Crippen molar-refractivity contribution in [1.29, 1.82) is 0 Å². The van der Waals surface area contributed by atoms with Crippen LogP contribution in [0, 0.1) is 0 Å². The highest BCUT2D eigenvalue weighted by atomic mass is 16.5. The Morgan fingerprint density at radius 3 is 2.57 bits per heavy atom. The van der Waals surface area contributed by atoms with Crippen molar-refractivity contribution in [3.8, 4) is 5.75 Å². The van der Waals surface area contributed by atoms with Gasteiger partial charge in [-0.3, -0.25) is 0 Å². The fourth-order valence-electron chi connectivity index (χ4n) is 2.85. The van der Waals surface area contributed by atoms with E-state index in [9.17, 15) is 0 Å². The molecule has 112 valence electrons. The number of methoxy groups -OCH3 is 1. The summed E-state index contributed by atoms with van der Waals surface area (Å²) in [7, 11) is 1.66. The zero-order valence-corrected chi connectivity index (χ0v) is 12.3. The minimum Gasteiger partial charge on any atom is -0.497 e. The van der Waals surface area contributed by atoms with Gasteiger partial charge in [-0.1, -0.05) is 36.6 Å². The van der Waals surface area contributed by atoms with Crippen molar-refractivity contribution in [3.05, 3.63) is 41.5 Å². The number of nitrogens with two attached hydrogens (primary N) is 1. The third kappa shape index (κ3) is 3.08. The Hall–Kier alpha value is -1.88. The van der Waals surface area contributed by atoms with E-state index in [2.05, 4.69) is 10.1 Å². The Labute approximate surface area is 124 Å². The van der Waals surface area contributed by atoms with E-state index in [0.29, 0.717) is 18.1 Å². The molecule has 5 nitrogen and oxygen atoms in total. The molecule has 1 aromatic heterocycles. The lowest BCUT2D eigenvalue weighted by atomic mass is 9.82. The van der Waals surface area contributed by atoms with Gasteiger partial charge in [0, 0.05) is 6.42 Å². The summed E-state index contributed by atoms with van der Waals surface area (Å²) in [6, 6.07) is 7.88. The van der Waals surface area contributed by atoms with E-state index in [1.165, 1.54) is 6.42 Å². The van der Waals surface area contributed by atoms with Crippen LogP contribution in [-0.4, -0.2) is 17.3 Å². The van der Waals surface area contributed by atoms with Crippen LogP contribution in [0.3, 0.4) is 0 Å². The first kappa shape index (κ1) is 14.1. The van der Waals surface area contributed by atoms with Gasteiger partial charge in [-0.05, 0) is 30.5 Å². The first-order valence-electron chi connectivity index (χ1n) is 7.44. The molecular formula is C16H21N3O2. The predicted molar refractivity (Wildman–Crippen MR) is 79.0 cm³/mol. The molecule has 0 unspecified atom stereocenters. The van der Waals surface area contributed by atoms with Gasteiger partial charge >= 0.3 is 0 Å². The standard InChI is InChI=1S/C16H21N3O2/c1-20-13-7-5-12(6-8-13)11-14-18-15(21-19-14)16(17)9-3-2-4-10-16/h5-8H,2-4,9-11,17H2,1H3. The van der Waals surface area contributed by atoms with Crippen molar-refractivity contribution >= 4 is 0 Å². The smallest absolute Gasteiger partial charge is 0.246 e. The van der Waals surface area contributed by atoms with E-state index in [-0.39, 0.29) is 0 Å². The molecule has 0 saturated heterocycles. The fraction of sp³-hybridized carbons (Fsp3) is 0.500. The van der Waals surface area contributed by atoms with Crippen LogP contribution in [-0.2, 0) is 12.0 Å². The molecule has 0 amide bonds. The zero-order chi connectivity index (χ0) is 14.7. The van der Waals surface area contributed by atoms with E-state index < -0.39 is 5.54 Å². The summed E-state index contributed by atoms with van der Waals surface area (Å²) in [6.45, 7) is 0. The molecule has 0 bridgehead atoms. The second-order valence-electron chi connectivity index (χ2n) is 5.76. The fourth-order valence-corrected chi connectivity index (χ4v) is 2.85. The average Bonchev–Trinajstić information content (AvgIpc) is 2.98. The summed E-state index contributed by atoms with van der Waals surface area (Å²) in [5.41, 5.74) is 7.11.